The first kappa shape index (κ1) is 25.3. The van der Waals surface area contributed by atoms with Gasteiger partial charge in [0.25, 0.3) is 5.56 Å². The van der Waals surface area contributed by atoms with Crippen molar-refractivity contribution >= 4 is 27.0 Å². The zero-order valence-corrected chi connectivity index (χ0v) is 21.8. The Morgan fingerprint density at radius 2 is 1.92 bits per heavy atom. The molecule has 0 aromatic carbocycles. The highest BCUT2D eigenvalue weighted by Crippen LogP contribution is 2.39. The van der Waals surface area contributed by atoms with Crippen LogP contribution in [0, 0.1) is 0 Å². The highest BCUT2D eigenvalue weighted by Gasteiger charge is 2.39. The van der Waals surface area contributed by atoms with E-state index in [1.165, 1.54) is 15.8 Å². The van der Waals surface area contributed by atoms with Crippen molar-refractivity contribution in [3.8, 4) is 0 Å². The Morgan fingerprint density at radius 1 is 1.14 bits per heavy atom. The first-order chi connectivity index (χ1) is 17.1. The van der Waals surface area contributed by atoms with Crippen LogP contribution >= 0.6 is 0 Å². The fourth-order valence-electron chi connectivity index (χ4n) is 5.84. The third-order valence-electron chi connectivity index (χ3n) is 8.05. The summed E-state index contributed by atoms with van der Waals surface area (Å²) < 4.78 is 28.8. The monoisotopic (exact) mass is 516 g/mol. The number of hydrogen-bond acceptors (Lipinski definition) is 8. The lowest BCUT2D eigenvalue weighted by molar-refractivity contribution is 0.0267. The topological polar surface area (TPSA) is 121 Å². The molecule has 36 heavy (non-hydrogen) atoms. The number of likely N-dealkylation sites (tertiary alicyclic amines) is 1. The van der Waals surface area contributed by atoms with Gasteiger partial charge in [-0.3, -0.25) is 14.3 Å². The number of aromatic nitrogens is 3. The molecule has 4 heterocycles. The van der Waals surface area contributed by atoms with Gasteiger partial charge in [0.1, 0.15) is 5.65 Å². The average molecular weight is 517 g/mol. The number of aliphatic hydroxyl groups is 1. The summed E-state index contributed by atoms with van der Waals surface area (Å²) in [6, 6.07) is 3.10. The van der Waals surface area contributed by atoms with Crippen molar-refractivity contribution < 1.29 is 13.5 Å². The maximum Gasteiger partial charge on any atom is 0.252 e. The molecular weight excluding hydrogens is 480 g/mol. The third kappa shape index (κ3) is 5.06. The molecule has 5 rings (SSSR count). The van der Waals surface area contributed by atoms with Gasteiger partial charge in [-0.25, -0.2) is 13.4 Å². The van der Waals surface area contributed by atoms with Crippen LogP contribution in [-0.4, -0.2) is 81.6 Å². The van der Waals surface area contributed by atoms with Crippen LogP contribution in [0.3, 0.4) is 0 Å². The molecule has 3 atom stereocenters. The van der Waals surface area contributed by atoms with Crippen LogP contribution in [-0.2, 0) is 10.0 Å². The van der Waals surface area contributed by atoms with Crippen LogP contribution in [0.4, 0.5) is 5.95 Å². The quantitative estimate of drug-likeness (QED) is 0.599. The number of sulfonamides is 1. The van der Waals surface area contributed by atoms with Gasteiger partial charge in [0.05, 0.1) is 11.6 Å². The number of piperidine rings is 1. The van der Waals surface area contributed by atoms with E-state index in [1.807, 2.05) is 13.1 Å². The first-order valence-corrected chi connectivity index (χ1v) is 14.4. The van der Waals surface area contributed by atoms with Gasteiger partial charge in [0, 0.05) is 48.2 Å². The molecule has 0 spiro atoms. The molecule has 1 saturated carbocycles. The second-order valence-electron chi connectivity index (χ2n) is 10.7. The highest BCUT2D eigenvalue weighted by molar-refractivity contribution is 7.92. The average Bonchev–Trinajstić information content (AvgIpc) is 3.42. The number of nitrogens with one attached hydrogen (secondary N) is 1. The van der Waals surface area contributed by atoms with E-state index >= 15 is 0 Å². The van der Waals surface area contributed by atoms with E-state index in [0.29, 0.717) is 43.9 Å². The molecule has 0 radical (unpaired) electrons. The van der Waals surface area contributed by atoms with Gasteiger partial charge in [-0.1, -0.05) is 6.08 Å². The third-order valence-corrected chi connectivity index (χ3v) is 9.64. The van der Waals surface area contributed by atoms with Crippen molar-refractivity contribution in [1.29, 1.82) is 0 Å². The van der Waals surface area contributed by atoms with Crippen molar-refractivity contribution in [1.82, 2.24) is 23.7 Å². The molecule has 3 fully saturated rings. The summed E-state index contributed by atoms with van der Waals surface area (Å²) in [4.78, 5) is 24.1. The number of pyridine rings is 1. The lowest BCUT2D eigenvalue weighted by atomic mass is 10.00. The summed E-state index contributed by atoms with van der Waals surface area (Å²) >= 11 is 0. The summed E-state index contributed by atoms with van der Waals surface area (Å²) in [7, 11) is -1.42. The molecule has 0 amide bonds. The van der Waals surface area contributed by atoms with E-state index in [4.69, 9.17) is 0 Å². The molecule has 2 aliphatic heterocycles. The number of likely N-dealkylation sites (N-methyl/N-ethyl adjacent to an activating group) is 1. The Morgan fingerprint density at radius 3 is 2.58 bits per heavy atom. The van der Waals surface area contributed by atoms with Gasteiger partial charge < -0.3 is 10.4 Å². The molecule has 1 unspecified atom stereocenters. The lowest BCUT2D eigenvalue weighted by Gasteiger charge is -2.31. The molecule has 2 saturated heterocycles. The summed E-state index contributed by atoms with van der Waals surface area (Å²) in [5.74, 6) is 0.407. The Bertz CT molecular complexity index is 1300. The van der Waals surface area contributed by atoms with Crippen LogP contribution in [0.25, 0.3) is 11.0 Å². The van der Waals surface area contributed by atoms with E-state index in [1.54, 1.807) is 23.8 Å². The Hall–Kier alpha value is -2.34. The SMILES string of the molecule is CN1CCCC1/C=C/S(=O)(=O)N1CCC(Nc2ncc3ccc(=O)n([C@@H]4CCC[C@@]4(C)O)c3n2)CC1. The zero-order chi connectivity index (χ0) is 25.5. The van der Waals surface area contributed by atoms with Gasteiger partial charge in [-0.2, -0.15) is 9.29 Å². The number of anilines is 1. The van der Waals surface area contributed by atoms with Crippen molar-refractivity contribution in [2.24, 2.45) is 0 Å². The zero-order valence-electron chi connectivity index (χ0n) is 21.0. The Balaban J connectivity index is 1.28. The molecule has 0 bridgehead atoms. The lowest BCUT2D eigenvalue weighted by Crippen LogP contribution is -2.42. The van der Waals surface area contributed by atoms with Crippen molar-refractivity contribution in [3.05, 3.63) is 40.2 Å². The Labute approximate surface area is 212 Å². The molecular formula is C25H36N6O4S. The van der Waals surface area contributed by atoms with Crippen LogP contribution in [0.15, 0.2) is 34.6 Å². The van der Waals surface area contributed by atoms with Gasteiger partial charge >= 0.3 is 0 Å². The summed E-state index contributed by atoms with van der Waals surface area (Å²) in [6.45, 7) is 3.63. The molecule has 2 N–H and O–H groups in total. The van der Waals surface area contributed by atoms with Gasteiger partial charge in [0.2, 0.25) is 16.0 Å². The van der Waals surface area contributed by atoms with Gasteiger partial charge in [0.15, 0.2) is 0 Å². The number of nitrogens with zero attached hydrogens (tertiary/aromatic N) is 5. The molecule has 1 aliphatic carbocycles. The predicted octanol–water partition coefficient (Wildman–Crippen LogP) is 2.08. The number of rotatable bonds is 6. The highest BCUT2D eigenvalue weighted by atomic mass is 32.2. The van der Waals surface area contributed by atoms with Gasteiger partial charge in [-0.15, -0.1) is 0 Å². The fourth-order valence-corrected chi connectivity index (χ4v) is 7.11. The maximum absolute atomic E-state index is 12.8. The minimum atomic E-state index is -3.44. The standard InChI is InChI=1S/C25H36N6O4S/c1-25(33)12-3-6-21(25)31-22(32)8-7-18-17-26-24(28-23(18)31)27-19-9-14-30(15-10-19)36(34,35)16-11-20-5-4-13-29(20)2/h7-8,11,16-17,19-21,33H,3-6,9-10,12-15H2,1-2H3,(H,26,27,28)/b16-11+/t20?,21-,25-/m1/s1. The molecule has 2 aromatic heterocycles. The first-order valence-electron chi connectivity index (χ1n) is 12.9. The second-order valence-corrected chi connectivity index (χ2v) is 12.5. The Kier molecular flexibility index (Phi) is 6.92. The smallest absolute Gasteiger partial charge is 0.252 e. The number of hydrogen-bond donors (Lipinski definition) is 2. The molecule has 196 valence electrons. The maximum atomic E-state index is 12.8. The van der Waals surface area contributed by atoms with E-state index in [9.17, 15) is 18.3 Å². The second kappa shape index (κ2) is 9.85. The predicted molar refractivity (Wildman–Crippen MR) is 139 cm³/mol. The number of fused-ring (bicyclic) bond motifs is 1. The largest absolute Gasteiger partial charge is 0.388 e. The summed E-state index contributed by atoms with van der Waals surface area (Å²) in [5.41, 5.74) is -0.639. The van der Waals surface area contributed by atoms with E-state index in [-0.39, 0.29) is 23.7 Å². The van der Waals surface area contributed by atoms with Crippen molar-refractivity contribution in [2.75, 3.05) is 32.0 Å². The van der Waals surface area contributed by atoms with E-state index < -0.39 is 15.6 Å². The van der Waals surface area contributed by atoms with Crippen LogP contribution in [0.1, 0.15) is 57.9 Å². The van der Waals surface area contributed by atoms with Crippen LogP contribution in [0.5, 0.6) is 0 Å². The summed E-state index contributed by atoms with van der Waals surface area (Å²) in [6.07, 6.45) is 9.08. The van der Waals surface area contributed by atoms with Crippen LogP contribution < -0.4 is 10.9 Å². The van der Waals surface area contributed by atoms with E-state index in [0.717, 1.165) is 37.6 Å². The minimum Gasteiger partial charge on any atom is -0.388 e. The molecule has 3 aliphatic rings. The van der Waals surface area contributed by atoms with E-state index in [2.05, 4.69) is 20.2 Å². The van der Waals surface area contributed by atoms with Crippen molar-refractivity contribution in [2.45, 2.75) is 75.6 Å². The molecule has 10 nitrogen and oxygen atoms in total. The summed E-state index contributed by atoms with van der Waals surface area (Å²) in [5, 5.41) is 16.3. The fraction of sp³-hybridized carbons (Fsp3) is 0.640. The normalized spacial score (nSPS) is 29.0. The minimum absolute atomic E-state index is 0.0253. The van der Waals surface area contributed by atoms with Gasteiger partial charge in [-0.05, 0) is 71.5 Å². The van der Waals surface area contributed by atoms with Crippen molar-refractivity contribution in [3.63, 3.8) is 0 Å². The molecule has 11 heteroatoms. The molecule has 2 aromatic rings. The van der Waals surface area contributed by atoms with Crippen LogP contribution in [0.2, 0.25) is 0 Å².